The van der Waals surface area contributed by atoms with Crippen LogP contribution in [0.1, 0.15) is 39.0 Å². The van der Waals surface area contributed by atoms with E-state index < -0.39 is 10.2 Å². The lowest BCUT2D eigenvalue weighted by Gasteiger charge is -2.45. The summed E-state index contributed by atoms with van der Waals surface area (Å²) in [7, 11) is -1.63. The fraction of sp³-hybridized carbons (Fsp3) is 1.00. The van der Waals surface area contributed by atoms with Gasteiger partial charge < -0.3 is 4.74 Å². The largest absolute Gasteiger partial charge is 0.381 e. The summed E-state index contributed by atoms with van der Waals surface area (Å²) >= 11 is 0. The van der Waals surface area contributed by atoms with Gasteiger partial charge in [-0.25, -0.2) is 0 Å². The van der Waals surface area contributed by atoms with Crippen molar-refractivity contribution < 1.29 is 13.2 Å². The number of hydrogen-bond donors (Lipinski definition) is 0. The van der Waals surface area contributed by atoms with E-state index in [1.54, 1.807) is 15.7 Å². The quantitative estimate of drug-likeness (QED) is 0.768. The number of piperazine rings is 1. The molecule has 0 radical (unpaired) electrons. The Labute approximate surface area is 134 Å². The number of rotatable bonds is 4. The molecule has 2 atom stereocenters. The molecule has 128 valence electrons. The van der Waals surface area contributed by atoms with E-state index in [0.717, 1.165) is 38.8 Å². The van der Waals surface area contributed by atoms with E-state index >= 15 is 0 Å². The molecule has 0 amide bonds. The summed E-state index contributed by atoms with van der Waals surface area (Å²) in [5, 5.41) is 0. The Bertz CT molecular complexity index is 478. The Morgan fingerprint density at radius 3 is 2.59 bits per heavy atom. The van der Waals surface area contributed by atoms with Gasteiger partial charge in [-0.2, -0.15) is 17.0 Å². The minimum Gasteiger partial charge on any atom is -0.381 e. The van der Waals surface area contributed by atoms with Crippen LogP contribution in [0, 0.1) is 0 Å². The molecule has 3 saturated heterocycles. The molecule has 0 bridgehead atoms. The topological polar surface area (TPSA) is 53.1 Å². The van der Waals surface area contributed by atoms with Crippen molar-refractivity contribution in [1.29, 1.82) is 0 Å². The molecule has 7 heteroatoms. The van der Waals surface area contributed by atoms with Crippen molar-refractivity contribution in [3.05, 3.63) is 0 Å². The molecule has 0 aromatic carbocycles. The molecule has 3 heterocycles. The zero-order chi connectivity index (χ0) is 15.7. The Kier molecular flexibility index (Phi) is 5.09. The van der Waals surface area contributed by atoms with Gasteiger partial charge in [-0.1, -0.05) is 6.92 Å². The second-order valence-electron chi connectivity index (χ2n) is 6.79. The monoisotopic (exact) mass is 331 g/mol. The van der Waals surface area contributed by atoms with E-state index in [4.69, 9.17) is 4.74 Å². The van der Waals surface area contributed by atoms with E-state index in [0.29, 0.717) is 25.8 Å². The Morgan fingerprint density at radius 2 is 1.91 bits per heavy atom. The predicted octanol–water partition coefficient (Wildman–Crippen LogP) is 0.901. The van der Waals surface area contributed by atoms with Gasteiger partial charge >= 0.3 is 0 Å². The first-order valence-electron chi connectivity index (χ1n) is 8.60. The van der Waals surface area contributed by atoms with Crippen molar-refractivity contribution in [3.8, 4) is 0 Å². The van der Waals surface area contributed by atoms with Crippen LogP contribution in [0.3, 0.4) is 0 Å². The molecular formula is C15H29N3O3S. The Morgan fingerprint density at radius 1 is 1.18 bits per heavy atom. The minimum atomic E-state index is -3.38. The number of hydrogen-bond acceptors (Lipinski definition) is 4. The highest BCUT2D eigenvalue weighted by atomic mass is 32.2. The lowest BCUT2D eigenvalue weighted by Crippen LogP contribution is -2.61. The third-order valence-electron chi connectivity index (χ3n) is 5.58. The van der Waals surface area contributed by atoms with E-state index in [9.17, 15) is 8.42 Å². The summed E-state index contributed by atoms with van der Waals surface area (Å²) in [5.41, 5.74) is 0. The molecule has 0 N–H and O–H groups in total. The van der Waals surface area contributed by atoms with E-state index in [1.807, 2.05) is 0 Å². The van der Waals surface area contributed by atoms with Gasteiger partial charge in [0.25, 0.3) is 10.2 Å². The van der Waals surface area contributed by atoms with Gasteiger partial charge in [-0.05, 0) is 38.6 Å². The highest BCUT2D eigenvalue weighted by molar-refractivity contribution is 7.86. The third-order valence-corrected chi connectivity index (χ3v) is 7.64. The summed E-state index contributed by atoms with van der Waals surface area (Å²) in [6.07, 6.45) is 4.81. The smallest absolute Gasteiger partial charge is 0.282 e. The summed E-state index contributed by atoms with van der Waals surface area (Å²) in [6.45, 7) is 6.11. The van der Waals surface area contributed by atoms with E-state index in [-0.39, 0.29) is 12.1 Å². The molecule has 3 aliphatic heterocycles. The first kappa shape index (κ1) is 16.6. The highest BCUT2D eigenvalue weighted by Gasteiger charge is 2.43. The SMILES string of the molecule is CC[C@@H]1CN2CCC[C@@H]2CN1S(=O)(=O)N(C)C1CCOCC1. The molecule has 0 unspecified atom stereocenters. The molecule has 0 saturated carbocycles. The van der Waals surface area contributed by atoms with Crippen LogP contribution in [0.2, 0.25) is 0 Å². The van der Waals surface area contributed by atoms with Crippen LogP contribution in [-0.4, -0.2) is 79.9 Å². The molecular weight excluding hydrogens is 302 g/mol. The third kappa shape index (κ3) is 3.06. The maximum absolute atomic E-state index is 13.1. The van der Waals surface area contributed by atoms with Crippen LogP contribution in [-0.2, 0) is 14.9 Å². The minimum absolute atomic E-state index is 0.0814. The summed E-state index contributed by atoms with van der Waals surface area (Å²) in [4.78, 5) is 2.48. The molecule has 0 aromatic heterocycles. The second-order valence-corrected chi connectivity index (χ2v) is 8.73. The van der Waals surface area contributed by atoms with Crippen LogP contribution in [0.5, 0.6) is 0 Å². The van der Waals surface area contributed by atoms with Crippen molar-refractivity contribution in [3.63, 3.8) is 0 Å². The lowest BCUT2D eigenvalue weighted by atomic mass is 10.1. The Balaban J connectivity index is 1.76. The molecule has 6 nitrogen and oxygen atoms in total. The normalized spacial score (nSPS) is 32.5. The van der Waals surface area contributed by atoms with Gasteiger partial charge in [-0.15, -0.1) is 0 Å². The molecule has 0 spiro atoms. The fourth-order valence-electron chi connectivity index (χ4n) is 4.08. The van der Waals surface area contributed by atoms with Crippen LogP contribution >= 0.6 is 0 Å². The van der Waals surface area contributed by atoms with Gasteiger partial charge in [0.2, 0.25) is 0 Å². The van der Waals surface area contributed by atoms with Crippen LogP contribution in [0.25, 0.3) is 0 Å². The molecule has 3 aliphatic rings. The van der Waals surface area contributed by atoms with Crippen LogP contribution < -0.4 is 0 Å². The maximum atomic E-state index is 13.1. The van der Waals surface area contributed by atoms with E-state index in [2.05, 4.69) is 11.8 Å². The maximum Gasteiger partial charge on any atom is 0.282 e. The average molecular weight is 331 g/mol. The zero-order valence-electron chi connectivity index (χ0n) is 13.8. The van der Waals surface area contributed by atoms with Gasteiger partial charge in [0.1, 0.15) is 0 Å². The van der Waals surface area contributed by atoms with Gasteiger partial charge in [-0.3, -0.25) is 4.90 Å². The van der Waals surface area contributed by atoms with Crippen LogP contribution in [0.15, 0.2) is 0 Å². The van der Waals surface area contributed by atoms with Crippen molar-refractivity contribution in [1.82, 2.24) is 13.5 Å². The number of nitrogens with zero attached hydrogens (tertiary/aromatic N) is 3. The molecule has 3 fully saturated rings. The average Bonchev–Trinajstić information content (AvgIpc) is 3.01. The van der Waals surface area contributed by atoms with Crippen molar-refractivity contribution in [2.24, 2.45) is 0 Å². The lowest BCUT2D eigenvalue weighted by molar-refractivity contribution is 0.0574. The molecule has 0 aliphatic carbocycles. The van der Waals surface area contributed by atoms with Crippen LogP contribution in [0.4, 0.5) is 0 Å². The van der Waals surface area contributed by atoms with Crippen molar-refractivity contribution >= 4 is 10.2 Å². The first-order chi connectivity index (χ1) is 10.5. The fourth-order valence-corrected chi connectivity index (χ4v) is 5.95. The molecule has 3 rings (SSSR count). The summed E-state index contributed by atoms with van der Waals surface area (Å²) in [5.74, 6) is 0. The standard InChI is InChI=1S/C15H29N3O3S/c1-3-13-11-17-8-4-5-15(17)12-18(13)22(19,20)16(2)14-6-9-21-10-7-14/h13-15H,3-12H2,1-2H3/t13-,15-/m1/s1. The van der Waals surface area contributed by atoms with Gasteiger partial charge in [0, 0.05) is 51.5 Å². The van der Waals surface area contributed by atoms with Crippen molar-refractivity contribution in [2.75, 3.05) is 39.9 Å². The van der Waals surface area contributed by atoms with Crippen molar-refractivity contribution in [2.45, 2.75) is 57.2 Å². The second kappa shape index (κ2) is 6.73. The Hall–Kier alpha value is -0.210. The highest BCUT2D eigenvalue weighted by Crippen LogP contribution is 2.29. The number of ether oxygens (including phenoxy) is 1. The summed E-state index contributed by atoms with van der Waals surface area (Å²) in [6, 6.07) is 0.611. The molecule has 0 aromatic rings. The zero-order valence-corrected chi connectivity index (χ0v) is 14.6. The van der Waals surface area contributed by atoms with E-state index in [1.165, 1.54) is 6.42 Å². The molecule has 22 heavy (non-hydrogen) atoms. The summed E-state index contributed by atoms with van der Waals surface area (Å²) < 4.78 is 35.0. The number of fused-ring (bicyclic) bond motifs is 1. The first-order valence-corrected chi connectivity index (χ1v) is 10.00. The van der Waals surface area contributed by atoms with Gasteiger partial charge in [0.15, 0.2) is 0 Å². The predicted molar refractivity (Wildman–Crippen MR) is 85.9 cm³/mol. The van der Waals surface area contributed by atoms with Gasteiger partial charge in [0.05, 0.1) is 0 Å².